The number of nitrogens with zero attached hydrogens (tertiary/aromatic N) is 1. The van der Waals surface area contributed by atoms with Crippen LogP contribution in [0.25, 0.3) is 0 Å². The fourth-order valence-corrected chi connectivity index (χ4v) is 5.90. The molecule has 1 saturated heterocycles. The first-order chi connectivity index (χ1) is 14.2. The first kappa shape index (κ1) is 21.9. The fourth-order valence-electron chi connectivity index (χ4n) is 5.07. The lowest BCUT2D eigenvalue weighted by atomic mass is 9.82. The second-order valence-corrected chi connectivity index (χ2v) is 10.5. The molecule has 168 valence electrons. The number of benzene rings is 1. The van der Waals surface area contributed by atoms with Crippen molar-refractivity contribution in [3.63, 3.8) is 0 Å². The summed E-state index contributed by atoms with van der Waals surface area (Å²) in [6, 6.07) is 6.16. The second-order valence-electron chi connectivity index (χ2n) is 8.76. The Morgan fingerprint density at radius 1 is 1.13 bits per heavy atom. The molecular formula is C21H30F2N2O4S. The number of piperidine rings is 1. The Balaban J connectivity index is 1.64. The highest BCUT2D eigenvalue weighted by Gasteiger charge is 2.42. The highest BCUT2D eigenvalue weighted by Crippen LogP contribution is 2.40. The van der Waals surface area contributed by atoms with E-state index >= 15 is 8.78 Å². The van der Waals surface area contributed by atoms with Crippen LogP contribution in [0.5, 0.6) is 5.75 Å². The molecule has 1 saturated carbocycles. The van der Waals surface area contributed by atoms with Crippen LogP contribution in [-0.2, 0) is 14.8 Å². The van der Waals surface area contributed by atoms with Crippen molar-refractivity contribution >= 4 is 10.0 Å². The number of rotatable bonds is 2. The molecule has 2 fully saturated rings. The monoisotopic (exact) mass is 444 g/mol. The van der Waals surface area contributed by atoms with E-state index in [4.69, 9.17) is 9.47 Å². The van der Waals surface area contributed by atoms with Crippen molar-refractivity contribution < 1.29 is 26.7 Å². The van der Waals surface area contributed by atoms with Crippen LogP contribution < -0.4 is 9.46 Å². The maximum Gasteiger partial charge on any atom is 0.410 e. The van der Waals surface area contributed by atoms with Crippen molar-refractivity contribution in [2.75, 3.05) is 26.0 Å². The molecule has 9 heteroatoms. The van der Waals surface area contributed by atoms with Crippen LogP contribution in [0.3, 0.4) is 0 Å². The minimum atomic E-state index is -3.46. The summed E-state index contributed by atoms with van der Waals surface area (Å²) in [4.78, 5) is 1.62. The largest absolute Gasteiger partial charge is 0.431 e. The number of nitrogens with one attached hydrogen (secondary N) is 1. The number of hydrogen-bond donors (Lipinski definition) is 1. The van der Waals surface area contributed by atoms with Crippen LogP contribution in [0.15, 0.2) is 24.3 Å². The molecule has 2 bridgehead atoms. The van der Waals surface area contributed by atoms with Gasteiger partial charge in [0.2, 0.25) is 10.0 Å². The highest BCUT2D eigenvalue weighted by atomic mass is 32.2. The Kier molecular flexibility index (Phi) is 6.35. The van der Waals surface area contributed by atoms with E-state index in [2.05, 4.69) is 4.72 Å². The normalized spacial score (nSPS) is 32.6. The predicted molar refractivity (Wildman–Crippen MR) is 109 cm³/mol. The quantitative estimate of drug-likeness (QED) is 0.759. The molecule has 0 aromatic heterocycles. The van der Waals surface area contributed by atoms with Crippen molar-refractivity contribution in [2.24, 2.45) is 0 Å². The number of halogens is 2. The van der Waals surface area contributed by atoms with Gasteiger partial charge in [0.25, 0.3) is 0 Å². The smallest absolute Gasteiger partial charge is 0.410 e. The van der Waals surface area contributed by atoms with E-state index in [0.717, 1.165) is 37.5 Å². The zero-order valence-electron chi connectivity index (χ0n) is 17.2. The number of ether oxygens (including phenoxy) is 2. The van der Waals surface area contributed by atoms with Crippen molar-refractivity contribution in [3.05, 3.63) is 29.8 Å². The van der Waals surface area contributed by atoms with Crippen LogP contribution in [-0.4, -0.2) is 63.6 Å². The molecule has 5 rings (SSSR count). The van der Waals surface area contributed by atoms with E-state index in [1.165, 1.54) is 0 Å². The maximum absolute atomic E-state index is 15.0. The number of sulfonamides is 1. The van der Waals surface area contributed by atoms with Gasteiger partial charge in [-0.25, -0.2) is 13.1 Å². The van der Waals surface area contributed by atoms with Crippen molar-refractivity contribution in [2.45, 2.75) is 68.7 Å². The molecule has 1 aliphatic carbocycles. The molecule has 1 unspecified atom stereocenters. The zero-order chi connectivity index (χ0) is 21.4. The van der Waals surface area contributed by atoms with Crippen LogP contribution >= 0.6 is 0 Å². The summed E-state index contributed by atoms with van der Waals surface area (Å²) in [5, 5.41) is 0. The molecule has 6 nitrogen and oxygen atoms in total. The minimum Gasteiger partial charge on any atom is -0.431 e. The summed E-state index contributed by atoms with van der Waals surface area (Å²) in [6.07, 6.45) is 2.42. The first-order valence-electron chi connectivity index (χ1n) is 10.7. The Bertz CT molecular complexity index is 843. The lowest BCUT2D eigenvalue weighted by molar-refractivity contribution is -0.197. The minimum absolute atomic E-state index is 0.0678. The number of hydrogen-bond acceptors (Lipinski definition) is 5. The van der Waals surface area contributed by atoms with Crippen molar-refractivity contribution in [3.8, 4) is 5.75 Å². The maximum atomic E-state index is 15.0. The van der Waals surface area contributed by atoms with Gasteiger partial charge in [-0.1, -0.05) is 18.2 Å². The molecule has 0 spiro atoms. The van der Waals surface area contributed by atoms with Gasteiger partial charge in [0.1, 0.15) is 12.3 Å². The van der Waals surface area contributed by atoms with Crippen molar-refractivity contribution in [1.82, 2.24) is 9.62 Å². The molecule has 1 aromatic rings. The number of alkyl halides is 2. The van der Waals surface area contributed by atoms with Crippen LogP contribution in [0.4, 0.5) is 8.78 Å². The van der Waals surface area contributed by atoms with E-state index in [9.17, 15) is 8.42 Å². The second kappa shape index (κ2) is 8.68. The van der Waals surface area contributed by atoms with E-state index in [1.807, 2.05) is 12.1 Å². The molecular weight excluding hydrogens is 414 g/mol. The van der Waals surface area contributed by atoms with Gasteiger partial charge in [-0.2, -0.15) is 8.78 Å². The topological polar surface area (TPSA) is 67.9 Å². The number of para-hydroxylation sites is 1. The Hall–Kier alpha value is -1.29. The molecule has 2 atom stereocenters. The van der Waals surface area contributed by atoms with Crippen LogP contribution in [0.1, 0.15) is 50.0 Å². The van der Waals surface area contributed by atoms with Crippen LogP contribution in [0, 0.1) is 0 Å². The predicted octanol–water partition coefficient (Wildman–Crippen LogP) is 3.10. The van der Waals surface area contributed by atoms with Gasteiger partial charge >= 0.3 is 6.11 Å². The van der Waals surface area contributed by atoms with Gasteiger partial charge in [0, 0.05) is 12.1 Å². The third kappa shape index (κ3) is 5.30. The van der Waals surface area contributed by atoms with E-state index in [1.54, 1.807) is 17.0 Å². The summed E-state index contributed by atoms with van der Waals surface area (Å²) in [5.41, 5.74) is 0.835. The molecule has 1 N–H and O–H groups in total. The van der Waals surface area contributed by atoms with Gasteiger partial charge in [-0.3, -0.25) is 4.90 Å². The lowest BCUT2D eigenvalue weighted by Gasteiger charge is -2.42. The van der Waals surface area contributed by atoms with E-state index in [0.29, 0.717) is 19.4 Å². The zero-order valence-corrected chi connectivity index (χ0v) is 18.0. The van der Waals surface area contributed by atoms with E-state index < -0.39 is 34.8 Å². The summed E-state index contributed by atoms with van der Waals surface area (Å²) in [7, 11) is -3.46. The standard InChI is InChI=1S/C21H30F2N2O4S/c1-30(26,27)24-18-6-4-12-25-14-21(22,23)29-20-7-3-2-5-17(20)15-8-10-16(11-9-15)28-13-19(18)25/h2-3,5,7,15-16,18-19,24H,4,6,8-14H2,1H3/t15?,16?,18?,19-/m0/s1. The highest BCUT2D eigenvalue weighted by molar-refractivity contribution is 7.88. The molecule has 3 heterocycles. The molecule has 0 amide bonds. The third-order valence-electron chi connectivity index (χ3n) is 6.44. The molecule has 4 aliphatic rings. The summed E-state index contributed by atoms with van der Waals surface area (Å²) < 4.78 is 67.8. The summed E-state index contributed by atoms with van der Waals surface area (Å²) in [5.74, 6) is 0.422. The molecule has 1 aromatic carbocycles. The van der Waals surface area contributed by atoms with Gasteiger partial charge in [-0.05, 0) is 62.6 Å². The first-order valence-corrected chi connectivity index (χ1v) is 12.6. The molecule has 0 radical (unpaired) electrons. The van der Waals surface area contributed by atoms with Crippen molar-refractivity contribution in [1.29, 1.82) is 0 Å². The number of fused-ring (bicyclic) bond motifs is 5. The summed E-state index contributed by atoms with van der Waals surface area (Å²) in [6.45, 7) is 0.0715. The molecule has 3 aliphatic heterocycles. The Labute approximate surface area is 177 Å². The SMILES string of the molecule is CS(=O)(=O)NC1CCCN2CC(F)(F)Oc3ccccc3C3CCC(CC3)OC[C@@H]12. The van der Waals surface area contributed by atoms with Gasteiger partial charge < -0.3 is 9.47 Å². The third-order valence-corrected chi connectivity index (χ3v) is 7.17. The van der Waals surface area contributed by atoms with Crippen LogP contribution in [0.2, 0.25) is 0 Å². The van der Waals surface area contributed by atoms with Gasteiger partial charge in [-0.15, -0.1) is 0 Å². The Morgan fingerprint density at radius 3 is 2.60 bits per heavy atom. The van der Waals surface area contributed by atoms with Gasteiger partial charge in [0.05, 0.1) is 19.0 Å². The average Bonchev–Trinajstić information content (AvgIpc) is 2.67. The lowest BCUT2D eigenvalue weighted by Crippen LogP contribution is -2.59. The average molecular weight is 445 g/mol. The molecule has 30 heavy (non-hydrogen) atoms. The summed E-state index contributed by atoms with van der Waals surface area (Å²) >= 11 is 0. The van der Waals surface area contributed by atoms with E-state index in [-0.39, 0.29) is 24.4 Å². The fraction of sp³-hybridized carbons (Fsp3) is 0.714. The Morgan fingerprint density at radius 2 is 1.87 bits per heavy atom. The van der Waals surface area contributed by atoms with Gasteiger partial charge in [0.15, 0.2) is 0 Å².